The van der Waals surface area contributed by atoms with Crippen LogP contribution >= 0.6 is 0 Å². The Morgan fingerprint density at radius 1 is 0.829 bits per heavy atom. The summed E-state index contributed by atoms with van der Waals surface area (Å²) in [5.74, 6) is 0.0805. The zero-order valence-corrected chi connectivity index (χ0v) is 25.5. The molecule has 0 fully saturated rings. The topological polar surface area (TPSA) is 66.8 Å². The minimum Gasteiger partial charge on any atom is -0.544 e. The minimum absolute atomic E-state index is 0.0950. The first-order valence-corrected chi connectivity index (χ1v) is 18.5. The first-order chi connectivity index (χ1) is 15.8. The van der Waals surface area contributed by atoms with Crippen LogP contribution in [0.5, 0.6) is 5.75 Å². The average molecular weight is 515 g/mol. The van der Waals surface area contributed by atoms with Crippen LogP contribution in [-0.4, -0.2) is 32.5 Å². The summed E-state index contributed by atoms with van der Waals surface area (Å²) < 4.78 is 6.46. The molecule has 1 atom stereocenters. The Bertz CT molecular complexity index is 923. The molecule has 0 spiro atoms. The van der Waals surface area contributed by atoms with Gasteiger partial charge < -0.3 is 14.3 Å². The third-order valence-corrected chi connectivity index (χ3v) is 16.3. The first kappa shape index (κ1) is 29.3. The summed E-state index contributed by atoms with van der Waals surface area (Å²) in [7, 11) is -4.24. The number of rotatable bonds is 10. The predicted molar refractivity (Wildman–Crippen MR) is 151 cm³/mol. The Labute approximate surface area is 215 Å². The van der Waals surface area contributed by atoms with Gasteiger partial charge in [0.05, 0.1) is 0 Å². The monoisotopic (exact) mass is 514 g/mol. The smallest absolute Gasteiger partial charge is 0.303 e. The van der Waals surface area contributed by atoms with Gasteiger partial charge in [-0.2, -0.15) is 0 Å². The fraction of sp³-hybridized carbons (Fsp3) is 0.552. The molecular formula is C29H46O4Si2. The van der Waals surface area contributed by atoms with Gasteiger partial charge in [0.1, 0.15) is 5.75 Å². The van der Waals surface area contributed by atoms with E-state index in [1.165, 1.54) is 5.56 Å². The minimum atomic E-state index is -2.30. The van der Waals surface area contributed by atoms with Crippen LogP contribution in [0.4, 0.5) is 0 Å². The van der Waals surface area contributed by atoms with Crippen molar-refractivity contribution in [2.45, 2.75) is 102 Å². The van der Waals surface area contributed by atoms with Crippen molar-refractivity contribution in [1.82, 2.24) is 0 Å². The molecule has 0 radical (unpaired) electrons. The average Bonchev–Trinajstić information content (AvgIpc) is 2.71. The van der Waals surface area contributed by atoms with Crippen LogP contribution in [0.15, 0.2) is 48.5 Å². The maximum atomic E-state index is 11.5. The summed E-state index contributed by atoms with van der Waals surface area (Å²) in [4.78, 5) is 22.2. The lowest BCUT2D eigenvalue weighted by atomic mass is 9.72. The summed E-state index contributed by atoms with van der Waals surface area (Å²) >= 11 is 0. The Balaban J connectivity index is 2.37. The number of carboxylic acid groups (broad SMARTS) is 1. The first-order valence-electron chi connectivity index (χ1n) is 12.6. The molecule has 2 aromatic carbocycles. The summed E-state index contributed by atoms with van der Waals surface area (Å²) in [6.45, 7) is 21.5. The van der Waals surface area contributed by atoms with Gasteiger partial charge in [-0.3, -0.25) is 4.79 Å². The molecule has 4 nitrogen and oxygen atoms in total. The van der Waals surface area contributed by atoms with Crippen LogP contribution in [0.3, 0.4) is 0 Å². The normalized spacial score (nSPS) is 14.9. The fourth-order valence-electron chi connectivity index (χ4n) is 3.87. The molecular weight excluding hydrogens is 468 g/mol. The van der Waals surface area contributed by atoms with Gasteiger partial charge in [0.2, 0.25) is 8.32 Å². The van der Waals surface area contributed by atoms with Gasteiger partial charge in [0.15, 0.2) is 8.32 Å². The van der Waals surface area contributed by atoms with Gasteiger partial charge in [-0.15, -0.1) is 0 Å². The lowest BCUT2D eigenvalue weighted by Gasteiger charge is -2.37. The molecule has 0 saturated carbocycles. The van der Waals surface area contributed by atoms with Crippen molar-refractivity contribution >= 4 is 22.6 Å². The van der Waals surface area contributed by atoms with E-state index >= 15 is 0 Å². The van der Waals surface area contributed by atoms with Crippen molar-refractivity contribution in [1.29, 1.82) is 0 Å². The van der Waals surface area contributed by atoms with E-state index < -0.39 is 28.0 Å². The summed E-state index contributed by atoms with van der Waals surface area (Å²) in [6.07, 6.45) is 1.42. The molecule has 35 heavy (non-hydrogen) atoms. The van der Waals surface area contributed by atoms with Crippen molar-refractivity contribution in [3.05, 3.63) is 65.2 Å². The van der Waals surface area contributed by atoms with Crippen LogP contribution in [-0.2, 0) is 16.6 Å². The molecule has 0 saturated heterocycles. The number of carboxylic acids is 1. The van der Waals surface area contributed by atoms with Gasteiger partial charge in [-0.1, -0.05) is 77.9 Å². The number of benzene rings is 2. The summed E-state index contributed by atoms with van der Waals surface area (Å²) in [5.41, 5.74) is 2.93. The molecule has 0 bridgehead atoms. The molecule has 194 valence electrons. The van der Waals surface area contributed by atoms with E-state index in [-0.39, 0.29) is 16.5 Å². The van der Waals surface area contributed by atoms with E-state index in [0.717, 1.165) is 23.3 Å². The molecule has 2 aromatic rings. The Morgan fingerprint density at radius 3 is 1.69 bits per heavy atom. The molecule has 0 aliphatic carbocycles. The number of aliphatic carboxylic acids is 1. The quantitative estimate of drug-likeness (QED) is 0.318. The summed E-state index contributed by atoms with van der Waals surface area (Å²) in [5, 5.41) is 9.41. The molecule has 0 aromatic heterocycles. The van der Waals surface area contributed by atoms with Crippen LogP contribution < -0.4 is 4.43 Å². The van der Waals surface area contributed by atoms with E-state index in [1.54, 1.807) is 0 Å². The molecule has 0 amide bonds. The van der Waals surface area contributed by atoms with Crippen molar-refractivity contribution in [2.24, 2.45) is 0 Å². The van der Waals surface area contributed by atoms with Gasteiger partial charge in [0.25, 0.3) is 0 Å². The molecule has 0 aliphatic rings. The van der Waals surface area contributed by atoms with Crippen molar-refractivity contribution in [2.75, 3.05) is 0 Å². The number of hydrogen-bond donors (Lipinski definition) is 2. The van der Waals surface area contributed by atoms with Gasteiger partial charge in [0, 0.05) is 11.8 Å². The van der Waals surface area contributed by atoms with E-state index in [4.69, 9.17) is 4.43 Å². The molecule has 0 aliphatic heterocycles. The van der Waals surface area contributed by atoms with Crippen molar-refractivity contribution < 1.29 is 19.1 Å². The lowest BCUT2D eigenvalue weighted by molar-refractivity contribution is -0.137. The van der Waals surface area contributed by atoms with E-state index in [0.29, 0.717) is 6.42 Å². The van der Waals surface area contributed by atoms with Crippen LogP contribution in [0.25, 0.3) is 0 Å². The van der Waals surface area contributed by atoms with Gasteiger partial charge in [-0.05, 0) is 77.9 Å². The second kappa shape index (κ2) is 10.2. The van der Waals surface area contributed by atoms with E-state index in [2.05, 4.69) is 91.0 Å². The maximum absolute atomic E-state index is 11.5. The maximum Gasteiger partial charge on any atom is 0.303 e. The van der Waals surface area contributed by atoms with Crippen LogP contribution in [0.1, 0.15) is 71.1 Å². The Morgan fingerprint density at radius 2 is 1.29 bits per heavy atom. The Kier molecular flexibility index (Phi) is 8.57. The number of hydrogen-bond acceptors (Lipinski definition) is 3. The zero-order chi connectivity index (χ0) is 26.9. The molecule has 6 heteroatoms. The fourth-order valence-corrected chi connectivity index (χ4v) is 5.54. The Hall–Kier alpha value is -1.90. The van der Waals surface area contributed by atoms with E-state index in [1.807, 2.05) is 25.2 Å². The highest BCUT2D eigenvalue weighted by Gasteiger charge is 2.40. The molecule has 1 unspecified atom stereocenters. The third kappa shape index (κ3) is 7.08. The van der Waals surface area contributed by atoms with E-state index in [9.17, 15) is 14.7 Å². The largest absolute Gasteiger partial charge is 0.544 e. The highest BCUT2D eigenvalue weighted by molar-refractivity contribution is 6.74. The van der Waals surface area contributed by atoms with Crippen LogP contribution in [0, 0.1) is 0 Å². The second-order valence-electron chi connectivity index (χ2n) is 12.9. The van der Waals surface area contributed by atoms with Crippen LogP contribution in [0.2, 0.25) is 36.3 Å². The number of carbonyl (C=O) groups is 1. The summed E-state index contributed by atoms with van der Waals surface area (Å²) in [6, 6.07) is 16.7. The SMILES string of the molecule is CC(CCC(=O)O)(c1ccc(CC(C)(C)[Si](C)(C)O)cc1)c1ccc(O[Si](C)(C)C(C)(C)C)cc1. The molecule has 2 rings (SSSR count). The standard InChI is InChI=1S/C29H46O4Si2/c1-27(2,3)35(9,10)33-25-17-15-24(16-18-25)29(6,20-19-26(30)31)23-13-11-22(12-14-23)21-28(4,5)34(7,8)32/h11-18,32H,19-21H2,1-10H3,(H,30,31). The van der Waals surface area contributed by atoms with Crippen molar-refractivity contribution in [3.8, 4) is 5.75 Å². The van der Waals surface area contributed by atoms with Gasteiger partial charge >= 0.3 is 5.97 Å². The molecule has 0 heterocycles. The highest BCUT2D eigenvalue weighted by atomic mass is 28.4. The van der Waals surface area contributed by atoms with Gasteiger partial charge in [-0.25, -0.2) is 0 Å². The predicted octanol–water partition coefficient (Wildman–Crippen LogP) is 7.76. The highest BCUT2D eigenvalue weighted by Crippen LogP contribution is 2.42. The third-order valence-electron chi connectivity index (χ3n) is 8.40. The second-order valence-corrected chi connectivity index (χ2v) is 22.1. The van der Waals surface area contributed by atoms with Crippen molar-refractivity contribution in [3.63, 3.8) is 0 Å². The zero-order valence-electron chi connectivity index (χ0n) is 23.5. The molecule has 2 N–H and O–H groups in total. The lowest BCUT2D eigenvalue weighted by Crippen LogP contribution is -2.43.